The van der Waals surface area contributed by atoms with E-state index in [4.69, 9.17) is 4.52 Å². The van der Waals surface area contributed by atoms with Crippen LogP contribution in [0.2, 0.25) is 0 Å². The quantitative estimate of drug-likeness (QED) is 0.689. The molecule has 2 atom stereocenters. The molecule has 0 bridgehead atoms. The molecule has 0 radical (unpaired) electrons. The molecule has 3 nitrogen and oxygen atoms in total. The molecule has 16 heavy (non-hydrogen) atoms. The highest BCUT2D eigenvalue weighted by molar-refractivity contribution is 7.52. The second-order valence-corrected chi connectivity index (χ2v) is 7.26. The molecule has 0 aromatic heterocycles. The van der Waals surface area contributed by atoms with Gasteiger partial charge in [0.2, 0.25) is 0 Å². The minimum Gasteiger partial charge on any atom is -0.324 e. The minimum absolute atomic E-state index is 0.292. The predicted molar refractivity (Wildman–Crippen MR) is 68.8 cm³/mol. The molecule has 0 saturated carbocycles. The standard InChI is InChI=1S/C12H27O3P/c1-6-8-9-11(7-2)10-16(13,14)15-12(3,4)5/h11H,6-10H2,1-5H3,(H,13,14). The summed E-state index contributed by atoms with van der Waals surface area (Å²) in [5.74, 6) is 0.304. The molecule has 0 aliphatic carbocycles. The van der Waals surface area contributed by atoms with Crippen LogP contribution in [0, 0.1) is 5.92 Å². The highest BCUT2D eigenvalue weighted by Crippen LogP contribution is 2.48. The van der Waals surface area contributed by atoms with E-state index in [1.807, 2.05) is 20.8 Å². The maximum atomic E-state index is 11.9. The first-order valence-electron chi connectivity index (χ1n) is 6.22. The van der Waals surface area contributed by atoms with Crippen LogP contribution in [-0.2, 0) is 9.09 Å². The molecular weight excluding hydrogens is 223 g/mol. The molecule has 0 aliphatic heterocycles. The lowest BCUT2D eigenvalue weighted by molar-refractivity contribution is 0.109. The van der Waals surface area contributed by atoms with Crippen molar-refractivity contribution in [2.24, 2.45) is 5.92 Å². The van der Waals surface area contributed by atoms with Crippen molar-refractivity contribution in [3.05, 3.63) is 0 Å². The fourth-order valence-corrected chi connectivity index (χ4v) is 3.73. The molecule has 0 amide bonds. The van der Waals surface area contributed by atoms with Gasteiger partial charge in [0, 0.05) is 0 Å². The molecular formula is C12H27O3P. The number of unbranched alkanes of at least 4 members (excludes halogenated alkanes) is 1. The van der Waals surface area contributed by atoms with Crippen molar-refractivity contribution in [2.45, 2.75) is 65.9 Å². The Hall–Kier alpha value is 0.150. The average Bonchev–Trinajstić information content (AvgIpc) is 2.07. The molecule has 0 aromatic carbocycles. The zero-order valence-electron chi connectivity index (χ0n) is 11.3. The van der Waals surface area contributed by atoms with Gasteiger partial charge in [0.05, 0.1) is 11.8 Å². The zero-order chi connectivity index (χ0) is 12.8. The van der Waals surface area contributed by atoms with E-state index >= 15 is 0 Å². The third kappa shape index (κ3) is 8.32. The van der Waals surface area contributed by atoms with Gasteiger partial charge in [-0.2, -0.15) is 0 Å². The Balaban J connectivity index is 4.26. The van der Waals surface area contributed by atoms with E-state index in [1.165, 1.54) is 0 Å². The van der Waals surface area contributed by atoms with Crippen LogP contribution < -0.4 is 0 Å². The van der Waals surface area contributed by atoms with E-state index in [0.29, 0.717) is 12.1 Å². The van der Waals surface area contributed by atoms with Crippen molar-refractivity contribution >= 4 is 7.60 Å². The number of rotatable bonds is 7. The van der Waals surface area contributed by atoms with Gasteiger partial charge in [0.25, 0.3) is 0 Å². The van der Waals surface area contributed by atoms with Crippen LogP contribution >= 0.6 is 7.60 Å². The van der Waals surface area contributed by atoms with E-state index in [2.05, 4.69) is 13.8 Å². The maximum absolute atomic E-state index is 11.9. The molecule has 0 aromatic rings. The average molecular weight is 250 g/mol. The Morgan fingerprint density at radius 3 is 2.25 bits per heavy atom. The van der Waals surface area contributed by atoms with Gasteiger partial charge < -0.3 is 9.42 Å². The maximum Gasteiger partial charge on any atom is 0.328 e. The van der Waals surface area contributed by atoms with E-state index in [0.717, 1.165) is 25.7 Å². The van der Waals surface area contributed by atoms with Crippen molar-refractivity contribution in [1.82, 2.24) is 0 Å². The van der Waals surface area contributed by atoms with Crippen molar-refractivity contribution < 1.29 is 14.0 Å². The lowest BCUT2D eigenvalue weighted by atomic mass is 10.0. The van der Waals surface area contributed by atoms with Gasteiger partial charge in [0.15, 0.2) is 0 Å². The second-order valence-electron chi connectivity index (χ2n) is 5.44. The van der Waals surface area contributed by atoms with E-state index in [9.17, 15) is 9.46 Å². The van der Waals surface area contributed by atoms with Crippen LogP contribution in [0.1, 0.15) is 60.3 Å². The zero-order valence-corrected chi connectivity index (χ0v) is 12.2. The first-order valence-corrected chi connectivity index (χ1v) is 7.99. The largest absolute Gasteiger partial charge is 0.328 e. The molecule has 98 valence electrons. The Labute approximate surface area is 100 Å². The summed E-state index contributed by atoms with van der Waals surface area (Å²) < 4.78 is 17.1. The summed E-state index contributed by atoms with van der Waals surface area (Å²) in [5, 5.41) is 0. The second kappa shape index (κ2) is 6.78. The third-order valence-electron chi connectivity index (χ3n) is 2.45. The summed E-state index contributed by atoms with van der Waals surface area (Å²) in [6.45, 7) is 9.63. The Morgan fingerprint density at radius 2 is 1.88 bits per heavy atom. The van der Waals surface area contributed by atoms with Crippen LogP contribution in [0.3, 0.4) is 0 Å². The molecule has 0 fully saturated rings. The molecule has 0 rings (SSSR count). The Bertz CT molecular complexity index is 233. The topological polar surface area (TPSA) is 46.5 Å². The molecule has 0 saturated heterocycles. The fraction of sp³-hybridized carbons (Fsp3) is 1.00. The van der Waals surface area contributed by atoms with Crippen LogP contribution in [0.5, 0.6) is 0 Å². The van der Waals surface area contributed by atoms with E-state index < -0.39 is 13.2 Å². The molecule has 0 spiro atoms. The molecule has 0 aliphatic rings. The minimum atomic E-state index is -3.43. The van der Waals surface area contributed by atoms with Crippen LogP contribution in [0.4, 0.5) is 0 Å². The molecule has 2 unspecified atom stereocenters. The first kappa shape index (κ1) is 16.1. The number of hydrogen-bond donors (Lipinski definition) is 1. The summed E-state index contributed by atoms with van der Waals surface area (Å²) in [6, 6.07) is 0. The first-order chi connectivity index (χ1) is 7.20. The number of hydrogen-bond acceptors (Lipinski definition) is 2. The van der Waals surface area contributed by atoms with Crippen molar-refractivity contribution in [3.63, 3.8) is 0 Å². The normalized spacial score (nSPS) is 18.1. The van der Waals surface area contributed by atoms with Gasteiger partial charge >= 0.3 is 7.60 Å². The summed E-state index contributed by atoms with van der Waals surface area (Å²) in [6.07, 6.45) is 4.50. The van der Waals surface area contributed by atoms with Crippen LogP contribution in [0.15, 0.2) is 0 Å². The lowest BCUT2D eigenvalue weighted by Gasteiger charge is -2.26. The molecule has 1 N–H and O–H groups in total. The fourth-order valence-electron chi connectivity index (χ4n) is 1.71. The van der Waals surface area contributed by atoms with Gasteiger partial charge in [-0.1, -0.05) is 33.1 Å². The highest BCUT2D eigenvalue weighted by atomic mass is 31.2. The van der Waals surface area contributed by atoms with Crippen molar-refractivity contribution in [2.75, 3.05) is 6.16 Å². The monoisotopic (exact) mass is 250 g/mol. The van der Waals surface area contributed by atoms with Crippen molar-refractivity contribution in [1.29, 1.82) is 0 Å². The van der Waals surface area contributed by atoms with Gasteiger partial charge in [-0.25, -0.2) is 0 Å². The lowest BCUT2D eigenvalue weighted by Crippen LogP contribution is -2.20. The Morgan fingerprint density at radius 1 is 1.31 bits per heavy atom. The molecule has 4 heteroatoms. The van der Waals surface area contributed by atoms with Crippen molar-refractivity contribution in [3.8, 4) is 0 Å². The predicted octanol–water partition coefficient (Wildman–Crippen LogP) is 4.20. The summed E-state index contributed by atoms with van der Waals surface area (Å²) in [5.41, 5.74) is -0.548. The summed E-state index contributed by atoms with van der Waals surface area (Å²) >= 11 is 0. The highest BCUT2D eigenvalue weighted by Gasteiger charge is 2.29. The van der Waals surface area contributed by atoms with Gasteiger partial charge in [0.1, 0.15) is 0 Å². The SMILES string of the molecule is CCCCC(CC)CP(=O)(O)OC(C)(C)C. The van der Waals surface area contributed by atoms with E-state index in [1.54, 1.807) is 0 Å². The van der Waals surface area contributed by atoms with Gasteiger partial charge in [-0.05, 0) is 33.1 Å². The summed E-state index contributed by atoms with van der Waals surface area (Å²) in [4.78, 5) is 9.78. The van der Waals surface area contributed by atoms with Gasteiger partial charge in [-0.15, -0.1) is 0 Å². The smallest absolute Gasteiger partial charge is 0.324 e. The van der Waals surface area contributed by atoms with E-state index in [-0.39, 0.29) is 0 Å². The Kier molecular flexibility index (Phi) is 6.84. The summed E-state index contributed by atoms with van der Waals surface area (Å²) in [7, 11) is -3.43. The third-order valence-corrected chi connectivity index (χ3v) is 4.26. The molecule has 0 heterocycles. The van der Waals surface area contributed by atoms with Crippen LogP contribution in [-0.4, -0.2) is 16.7 Å². The van der Waals surface area contributed by atoms with Crippen LogP contribution in [0.25, 0.3) is 0 Å². The van der Waals surface area contributed by atoms with Gasteiger partial charge in [-0.3, -0.25) is 4.57 Å².